The Bertz CT molecular complexity index is 1300. The summed E-state index contributed by atoms with van der Waals surface area (Å²) in [5, 5.41) is 9.25. The summed E-state index contributed by atoms with van der Waals surface area (Å²) < 4.78 is 8.31. The molecule has 6 heteroatoms. The standard InChI is InChI=1S/C31H37ClN4O/c1-20-13-14-33-22(3)19-37-31-12-11-26(32)18-27(31)24(5)35-15-7-6-8-29(35)28-17-23(4)36(34-28)30(20)16-21(2)25-9-10-25/h11-13,16-18,25,29,33H,2-3,5-10,14-15,19H2,1,4H3/b20-13+,30-16-. The lowest BCUT2D eigenvalue weighted by molar-refractivity contribution is 0.225. The molecular formula is C31H37ClN4O. The molecule has 37 heavy (non-hydrogen) atoms. The van der Waals surface area contributed by atoms with E-state index >= 15 is 0 Å². The summed E-state index contributed by atoms with van der Waals surface area (Å²) in [7, 11) is 0. The number of nitrogens with one attached hydrogen (secondary N) is 1. The monoisotopic (exact) mass is 516 g/mol. The van der Waals surface area contributed by atoms with Crippen LogP contribution in [0.25, 0.3) is 11.4 Å². The maximum atomic E-state index is 6.43. The summed E-state index contributed by atoms with van der Waals surface area (Å²) >= 11 is 6.43. The van der Waals surface area contributed by atoms with Crippen LogP contribution in [-0.2, 0) is 0 Å². The van der Waals surface area contributed by atoms with Gasteiger partial charge >= 0.3 is 0 Å². The zero-order valence-corrected chi connectivity index (χ0v) is 22.8. The van der Waals surface area contributed by atoms with E-state index in [1.54, 1.807) is 0 Å². The maximum absolute atomic E-state index is 6.43. The number of piperidine rings is 1. The Balaban J connectivity index is 1.60. The highest BCUT2D eigenvalue weighted by Gasteiger charge is 2.30. The first-order valence-corrected chi connectivity index (χ1v) is 13.6. The van der Waals surface area contributed by atoms with Gasteiger partial charge in [0.15, 0.2) is 0 Å². The summed E-state index contributed by atoms with van der Waals surface area (Å²) in [5.74, 6) is 1.35. The smallest absolute Gasteiger partial charge is 0.129 e. The van der Waals surface area contributed by atoms with Crippen molar-refractivity contribution >= 4 is 23.0 Å². The predicted molar refractivity (Wildman–Crippen MR) is 153 cm³/mol. The van der Waals surface area contributed by atoms with E-state index in [4.69, 9.17) is 21.4 Å². The number of allylic oxidation sites excluding steroid dienone is 4. The van der Waals surface area contributed by atoms with Crippen molar-refractivity contribution in [1.82, 2.24) is 20.0 Å². The van der Waals surface area contributed by atoms with Crippen molar-refractivity contribution in [2.24, 2.45) is 5.92 Å². The number of nitrogens with zero attached hydrogens (tertiary/aromatic N) is 3. The fourth-order valence-electron chi connectivity index (χ4n) is 5.23. The molecule has 1 saturated heterocycles. The average molecular weight is 517 g/mol. The van der Waals surface area contributed by atoms with Crippen molar-refractivity contribution in [3.05, 3.63) is 95.0 Å². The fraction of sp³-hybridized carbons (Fsp3) is 0.387. The van der Waals surface area contributed by atoms with Gasteiger partial charge in [0, 0.05) is 40.8 Å². The third-order valence-corrected chi connectivity index (χ3v) is 7.80. The SMILES string of the molecule is C=C1COc2ccc(Cl)cc2C(=C)N2CCCCC2c2cc(C)n(n2)C(=C\C(=C)C2CC2)/C(C)=C/CN1. The molecule has 1 aromatic heterocycles. The van der Waals surface area contributed by atoms with Gasteiger partial charge in [-0.2, -0.15) is 5.10 Å². The van der Waals surface area contributed by atoms with Crippen molar-refractivity contribution in [2.45, 2.75) is 52.0 Å². The maximum Gasteiger partial charge on any atom is 0.129 e. The Morgan fingerprint density at radius 3 is 2.76 bits per heavy atom. The van der Waals surface area contributed by atoms with E-state index in [9.17, 15) is 0 Å². The van der Waals surface area contributed by atoms with Gasteiger partial charge in [0.05, 0.1) is 17.4 Å². The average Bonchev–Trinajstić information content (AvgIpc) is 3.67. The third kappa shape index (κ3) is 5.57. The van der Waals surface area contributed by atoms with Gasteiger partial charge in [-0.3, -0.25) is 0 Å². The van der Waals surface area contributed by atoms with Crippen LogP contribution in [0.5, 0.6) is 5.75 Å². The molecule has 2 fully saturated rings. The number of halogens is 1. The number of rotatable bonds is 2. The normalized spacial score (nSPS) is 23.4. The summed E-state index contributed by atoms with van der Waals surface area (Å²) in [5.41, 5.74) is 8.22. The molecule has 1 aromatic carbocycles. The number of aryl methyl sites for hydroxylation is 1. The lowest BCUT2D eigenvalue weighted by Crippen LogP contribution is -2.32. The van der Waals surface area contributed by atoms with Crippen molar-refractivity contribution in [3.8, 4) is 5.75 Å². The second kappa shape index (κ2) is 10.7. The molecule has 194 valence electrons. The van der Waals surface area contributed by atoms with Crippen LogP contribution in [0.1, 0.15) is 62.0 Å². The molecule has 0 amide bonds. The number of aromatic nitrogens is 2. The van der Waals surface area contributed by atoms with Crippen LogP contribution in [0, 0.1) is 12.8 Å². The second-order valence-electron chi connectivity index (χ2n) is 10.5. The van der Waals surface area contributed by atoms with Gasteiger partial charge in [-0.1, -0.05) is 37.4 Å². The first-order valence-electron chi connectivity index (χ1n) is 13.3. The molecule has 3 aliphatic rings. The van der Waals surface area contributed by atoms with E-state index < -0.39 is 0 Å². The van der Waals surface area contributed by atoms with Crippen LogP contribution in [0.15, 0.2) is 73.0 Å². The minimum absolute atomic E-state index is 0.134. The first kappa shape index (κ1) is 25.5. The summed E-state index contributed by atoms with van der Waals surface area (Å²) in [6.45, 7) is 19.3. The summed E-state index contributed by atoms with van der Waals surface area (Å²) in [6, 6.07) is 8.09. The number of hydrogen-bond acceptors (Lipinski definition) is 4. The summed E-state index contributed by atoms with van der Waals surface area (Å²) in [6.07, 6.45) is 10.2. The third-order valence-electron chi connectivity index (χ3n) is 7.57. The van der Waals surface area contributed by atoms with Gasteiger partial charge in [0.25, 0.3) is 0 Å². The quantitative estimate of drug-likeness (QED) is 0.455. The molecule has 1 aliphatic carbocycles. The molecule has 1 atom stereocenters. The number of ether oxygens (including phenoxy) is 1. The number of hydrogen-bond donors (Lipinski definition) is 1. The van der Waals surface area contributed by atoms with Crippen LogP contribution in [0.4, 0.5) is 0 Å². The number of benzene rings is 1. The molecule has 2 aliphatic heterocycles. The second-order valence-corrected chi connectivity index (χ2v) is 10.9. The molecule has 2 aromatic rings. The zero-order valence-electron chi connectivity index (χ0n) is 22.0. The topological polar surface area (TPSA) is 42.3 Å². The highest BCUT2D eigenvalue weighted by molar-refractivity contribution is 6.30. The van der Waals surface area contributed by atoms with E-state index in [0.717, 1.165) is 71.2 Å². The molecule has 5 rings (SSSR count). The molecule has 5 nitrogen and oxygen atoms in total. The highest BCUT2D eigenvalue weighted by Crippen LogP contribution is 2.41. The van der Waals surface area contributed by atoms with E-state index in [2.05, 4.69) is 66.7 Å². The Morgan fingerprint density at radius 1 is 1.16 bits per heavy atom. The fourth-order valence-corrected chi connectivity index (χ4v) is 5.41. The van der Waals surface area contributed by atoms with E-state index in [0.29, 0.717) is 24.1 Å². The Morgan fingerprint density at radius 2 is 1.97 bits per heavy atom. The van der Waals surface area contributed by atoms with Crippen LogP contribution < -0.4 is 10.1 Å². The molecule has 0 spiro atoms. The lowest BCUT2D eigenvalue weighted by atomic mass is 9.97. The van der Waals surface area contributed by atoms with Gasteiger partial charge < -0.3 is 15.0 Å². The molecule has 2 bridgehead atoms. The molecular weight excluding hydrogens is 480 g/mol. The van der Waals surface area contributed by atoms with Gasteiger partial charge in [-0.05, 0) is 93.4 Å². The van der Waals surface area contributed by atoms with E-state index in [1.807, 2.05) is 18.2 Å². The zero-order chi connectivity index (χ0) is 26.1. The van der Waals surface area contributed by atoms with E-state index in [1.165, 1.54) is 18.4 Å². The Hall–Kier alpha value is -3.18. The van der Waals surface area contributed by atoms with Crippen molar-refractivity contribution < 1.29 is 4.74 Å². The lowest BCUT2D eigenvalue weighted by Gasteiger charge is -2.38. The molecule has 3 heterocycles. The Kier molecular flexibility index (Phi) is 7.34. The number of fused-ring (bicyclic) bond motifs is 5. The molecule has 1 N–H and O–H groups in total. The molecule has 1 saturated carbocycles. The van der Waals surface area contributed by atoms with Crippen LogP contribution >= 0.6 is 11.6 Å². The van der Waals surface area contributed by atoms with Gasteiger partial charge in [-0.15, -0.1) is 0 Å². The van der Waals surface area contributed by atoms with Crippen LogP contribution in [-0.4, -0.2) is 34.4 Å². The predicted octanol–water partition coefficient (Wildman–Crippen LogP) is 7.29. The van der Waals surface area contributed by atoms with Crippen LogP contribution in [0.2, 0.25) is 5.02 Å². The van der Waals surface area contributed by atoms with Crippen molar-refractivity contribution in [2.75, 3.05) is 19.7 Å². The van der Waals surface area contributed by atoms with Crippen molar-refractivity contribution in [1.29, 1.82) is 0 Å². The van der Waals surface area contributed by atoms with Gasteiger partial charge in [-0.25, -0.2) is 4.68 Å². The van der Waals surface area contributed by atoms with Crippen molar-refractivity contribution in [3.63, 3.8) is 0 Å². The Labute approximate surface area is 225 Å². The van der Waals surface area contributed by atoms with Gasteiger partial charge in [0.1, 0.15) is 12.4 Å². The van der Waals surface area contributed by atoms with Gasteiger partial charge in [0.2, 0.25) is 0 Å². The van der Waals surface area contributed by atoms with Crippen LogP contribution in [0.3, 0.4) is 0 Å². The molecule has 1 unspecified atom stereocenters. The van der Waals surface area contributed by atoms with E-state index in [-0.39, 0.29) is 6.04 Å². The largest absolute Gasteiger partial charge is 0.487 e. The minimum Gasteiger partial charge on any atom is -0.487 e. The summed E-state index contributed by atoms with van der Waals surface area (Å²) in [4.78, 5) is 2.38. The highest BCUT2D eigenvalue weighted by atomic mass is 35.5. The first-order chi connectivity index (χ1) is 17.8. The minimum atomic E-state index is 0.134. The molecule has 0 radical (unpaired) electrons.